The van der Waals surface area contributed by atoms with Gasteiger partial charge in [-0.1, -0.05) is 0 Å². The fourth-order valence-corrected chi connectivity index (χ4v) is 4.33. The number of aromatic nitrogens is 2. The van der Waals surface area contributed by atoms with Crippen LogP contribution in [0.15, 0.2) is 12.4 Å². The van der Waals surface area contributed by atoms with Gasteiger partial charge in [-0.3, -0.25) is 14.4 Å². The van der Waals surface area contributed by atoms with Crippen LogP contribution in [0.4, 0.5) is 0 Å². The summed E-state index contributed by atoms with van der Waals surface area (Å²) < 4.78 is 1.85. The van der Waals surface area contributed by atoms with E-state index in [1.807, 2.05) is 17.9 Å². The van der Waals surface area contributed by atoms with Crippen LogP contribution in [0.3, 0.4) is 0 Å². The molecule has 1 aromatic heterocycles. The Morgan fingerprint density at radius 2 is 2.04 bits per heavy atom. The van der Waals surface area contributed by atoms with Crippen molar-refractivity contribution in [3.05, 3.63) is 18.0 Å². The standard InChI is InChI=1S/C17H27N5O/c1-20-12-14(11-19-20)13-21-6-8-22(9-7-21)16(23)15-10-17(15)2-4-18-5-3-17/h11-12,15,18H,2-10,13H2,1H3. The minimum Gasteiger partial charge on any atom is -0.340 e. The molecule has 6 heteroatoms. The zero-order valence-corrected chi connectivity index (χ0v) is 14.0. The van der Waals surface area contributed by atoms with Crippen LogP contribution in [0, 0.1) is 11.3 Å². The van der Waals surface area contributed by atoms with Crippen LogP contribution in [-0.2, 0) is 18.4 Å². The van der Waals surface area contributed by atoms with E-state index in [1.54, 1.807) is 0 Å². The van der Waals surface area contributed by atoms with Gasteiger partial charge in [-0.2, -0.15) is 5.10 Å². The van der Waals surface area contributed by atoms with E-state index in [1.165, 1.54) is 18.4 Å². The van der Waals surface area contributed by atoms with Gasteiger partial charge in [0.05, 0.1) is 6.20 Å². The van der Waals surface area contributed by atoms with Gasteiger partial charge >= 0.3 is 0 Å². The first-order chi connectivity index (χ1) is 11.2. The van der Waals surface area contributed by atoms with Crippen molar-refractivity contribution >= 4 is 5.91 Å². The highest BCUT2D eigenvalue weighted by atomic mass is 16.2. The minimum atomic E-state index is 0.314. The van der Waals surface area contributed by atoms with Crippen molar-refractivity contribution in [1.29, 1.82) is 0 Å². The Balaban J connectivity index is 1.27. The van der Waals surface area contributed by atoms with Crippen LogP contribution >= 0.6 is 0 Å². The Hall–Kier alpha value is -1.40. The normalized spacial score (nSPS) is 27.3. The predicted molar refractivity (Wildman–Crippen MR) is 87.7 cm³/mol. The van der Waals surface area contributed by atoms with E-state index in [4.69, 9.17) is 0 Å². The molecule has 0 bridgehead atoms. The van der Waals surface area contributed by atoms with E-state index >= 15 is 0 Å². The minimum absolute atomic E-state index is 0.314. The van der Waals surface area contributed by atoms with Gasteiger partial charge in [0.15, 0.2) is 0 Å². The quantitative estimate of drug-likeness (QED) is 0.880. The molecule has 0 radical (unpaired) electrons. The lowest BCUT2D eigenvalue weighted by Crippen LogP contribution is -2.49. The summed E-state index contributed by atoms with van der Waals surface area (Å²) in [6, 6.07) is 0. The average Bonchev–Trinajstić information content (AvgIpc) is 3.09. The topological polar surface area (TPSA) is 53.4 Å². The Bertz CT molecular complexity index is 569. The van der Waals surface area contributed by atoms with Gasteiger partial charge in [0.2, 0.25) is 5.91 Å². The SMILES string of the molecule is Cn1cc(CN2CCN(C(=O)C3CC34CCNCC4)CC2)cn1. The first-order valence-electron chi connectivity index (χ1n) is 8.86. The highest BCUT2D eigenvalue weighted by Gasteiger charge is 2.58. The molecule has 3 heterocycles. The molecule has 2 aliphatic heterocycles. The second kappa shape index (κ2) is 5.91. The van der Waals surface area contributed by atoms with Gasteiger partial charge in [-0.15, -0.1) is 0 Å². The van der Waals surface area contributed by atoms with Crippen molar-refractivity contribution in [3.63, 3.8) is 0 Å². The molecule has 1 amide bonds. The molecule has 4 rings (SSSR count). The average molecular weight is 317 g/mol. The molecular formula is C17H27N5O. The van der Waals surface area contributed by atoms with E-state index in [0.717, 1.165) is 52.2 Å². The van der Waals surface area contributed by atoms with Crippen LogP contribution in [0.1, 0.15) is 24.8 Å². The highest BCUT2D eigenvalue weighted by Crippen LogP contribution is 2.59. The van der Waals surface area contributed by atoms with Crippen LogP contribution in [0.2, 0.25) is 0 Å². The lowest BCUT2D eigenvalue weighted by atomic mass is 9.91. The summed E-state index contributed by atoms with van der Waals surface area (Å²) >= 11 is 0. The van der Waals surface area contributed by atoms with Gasteiger partial charge in [0, 0.05) is 57.4 Å². The van der Waals surface area contributed by atoms with Crippen molar-refractivity contribution in [2.24, 2.45) is 18.4 Å². The Morgan fingerprint density at radius 3 is 2.70 bits per heavy atom. The van der Waals surface area contributed by atoms with Crippen molar-refractivity contribution in [2.45, 2.75) is 25.8 Å². The monoisotopic (exact) mass is 317 g/mol. The summed E-state index contributed by atoms with van der Waals surface area (Å²) in [6.45, 7) is 6.82. The number of carbonyl (C=O) groups excluding carboxylic acids is 1. The molecule has 2 saturated heterocycles. The maximum absolute atomic E-state index is 12.8. The summed E-state index contributed by atoms with van der Waals surface area (Å²) in [5.74, 6) is 0.738. The summed E-state index contributed by atoms with van der Waals surface area (Å²) in [5.41, 5.74) is 1.61. The molecular weight excluding hydrogens is 290 g/mol. The number of carbonyl (C=O) groups is 1. The number of piperazine rings is 1. The molecule has 1 saturated carbocycles. The first-order valence-corrected chi connectivity index (χ1v) is 8.86. The summed E-state index contributed by atoms with van der Waals surface area (Å²) in [4.78, 5) is 17.3. The van der Waals surface area contributed by atoms with E-state index in [9.17, 15) is 4.79 Å². The number of rotatable bonds is 3. The van der Waals surface area contributed by atoms with E-state index < -0.39 is 0 Å². The predicted octanol–water partition coefficient (Wildman–Crippen LogP) is 0.454. The molecule has 1 aliphatic carbocycles. The molecule has 23 heavy (non-hydrogen) atoms. The Morgan fingerprint density at radius 1 is 1.30 bits per heavy atom. The van der Waals surface area contributed by atoms with E-state index in [-0.39, 0.29) is 0 Å². The van der Waals surface area contributed by atoms with E-state index in [2.05, 4.69) is 26.4 Å². The molecule has 1 aromatic rings. The number of piperidine rings is 1. The van der Waals surface area contributed by atoms with E-state index in [0.29, 0.717) is 17.2 Å². The number of hydrogen-bond acceptors (Lipinski definition) is 4. The molecule has 6 nitrogen and oxygen atoms in total. The number of nitrogens with zero attached hydrogens (tertiary/aromatic N) is 4. The lowest BCUT2D eigenvalue weighted by Gasteiger charge is -2.35. The van der Waals surface area contributed by atoms with Crippen LogP contribution < -0.4 is 5.32 Å². The first kappa shape index (κ1) is 15.1. The molecule has 1 atom stereocenters. The zero-order chi connectivity index (χ0) is 15.9. The second-order valence-corrected chi connectivity index (χ2v) is 7.49. The number of amides is 1. The Labute approximate surface area is 137 Å². The Kier molecular flexibility index (Phi) is 3.89. The lowest BCUT2D eigenvalue weighted by molar-refractivity contribution is -0.135. The zero-order valence-electron chi connectivity index (χ0n) is 14.0. The van der Waals surface area contributed by atoms with Gasteiger partial charge in [0.25, 0.3) is 0 Å². The summed E-state index contributed by atoms with van der Waals surface area (Å²) in [7, 11) is 1.95. The second-order valence-electron chi connectivity index (χ2n) is 7.49. The molecule has 1 spiro atoms. The smallest absolute Gasteiger partial charge is 0.226 e. The van der Waals surface area contributed by atoms with Crippen molar-refractivity contribution in [2.75, 3.05) is 39.3 Å². The van der Waals surface area contributed by atoms with Crippen molar-refractivity contribution < 1.29 is 4.79 Å². The molecule has 3 aliphatic rings. The molecule has 1 unspecified atom stereocenters. The highest BCUT2D eigenvalue weighted by molar-refractivity contribution is 5.82. The van der Waals surface area contributed by atoms with Crippen molar-refractivity contribution in [1.82, 2.24) is 24.9 Å². The molecule has 0 aromatic carbocycles. The van der Waals surface area contributed by atoms with Gasteiger partial charge < -0.3 is 10.2 Å². The number of nitrogens with one attached hydrogen (secondary N) is 1. The van der Waals surface area contributed by atoms with Gasteiger partial charge in [-0.05, 0) is 37.8 Å². The molecule has 1 N–H and O–H groups in total. The maximum atomic E-state index is 12.8. The van der Waals surface area contributed by atoms with Crippen LogP contribution in [-0.4, -0.2) is 64.8 Å². The summed E-state index contributed by atoms with van der Waals surface area (Å²) in [6.07, 6.45) is 7.50. The van der Waals surface area contributed by atoms with Gasteiger partial charge in [-0.25, -0.2) is 0 Å². The largest absolute Gasteiger partial charge is 0.340 e. The summed E-state index contributed by atoms with van der Waals surface area (Å²) in [5, 5.41) is 7.64. The molecule has 126 valence electrons. The number of aryl methyl sites for hydroxylation is 1. The third-order valence-electron chi connectivity index (χ3n) is 5.94. The van der Waals surface area contributed by atoms with Crippen LogP contribution in [0.5, 0.6) is 0 Å². The third kappa shape index (κ3) is 3.02. The molecule has 3 fully saturated rings. The van der Waals surface area contributed by atoms with Gasteiger partial charge in [0.1, 0.15) is 0 Å². The fraction of sp³-hybridized carbons (Fsp3) is 0.765. The maximum Gasteiger partial charge on any atom is 0.226 e. The third-order valence-corrected chi connectivity index (χ3v) is 5.94. The number of hydrogen-bond donors (Lipinski definition) is 1. The van der Waals surface area contributed by atoms with Crippen molar-refractivity contribution in [3.8, 4) is 0 Å². The fourth-order valence-electron chi connectivity index (χ4n) is 4.33. The van der Waals surface area contributed by atoms with Crippen LogP contribution in [0.25, 0.3) is 0 Å².